The monoisotopic (exact) mass is 288 g/mol. The Morgan fingerprint density at radius 3 is 2.35 bits per heavy atom. The maximum absolute atomic E-state index is 11.5. The van der Waals surface area contributed by atoms with Crippen LogP contribution in [0.3, 0.4) is 0 Å². The van der Waals surface area contributed by atoms with Crippen LogP contribution >= 0.6 is 11.6 Å². The largest absolute Gasteiger partial charge is 0.378 e. The molecule has 104 valence electrons. The van der Waals surface area contributed by atoms with Crippen LogP contribution in [-0.2, 0) is 0 Å². The Hall–Kier alpha value is -2.00. The van der Waals surface area contributed by atoms with Gasteiger partial charge in [0.05, 0.1) is 0 Å². The lowest BCUT2D eigenvalue weighted by Crippen LogP contribution is -2.17. The van der Waals surface area contributed by atoms with E-state index >= 15 is 0 Å². The minimum absolute atomic E-state index is 0.0873. The number of anilines is 1. The van der Waals surface area contributed by atoms with E-state index in [0.29, 0.717) is 5.56 Å². The van der Waals surface area contributed by atoms with Gasteiger partial charge >= 0.3 is 0 Å². The molecular formula is C16H17ClN2O. The summed E-state index contributed by atoms with van der Waals surface area (Å²) >= 11 is 6.18. The molecule has 0 aliphatic heterocycles. The number of benzene rings is 2. The molecule has 0 bridgehead atoms. The first-order chi connectivity index (χ1) is 9.61. The Morgan fingerprint density at radius 1 is 1.10 bits per heavy atom. The molecule has 4 heteroatoms. The van der Waals surface area contributed by atoms with Gasteiger partial charge in [0, 0.05) is 29.4 Å². The van der Waals surface area contributed by atoms with Gasteiger partial charge in [-0.2, -0.15) is 0 Å². The average molecular weight is 289 g/mol. The predicted molar refractivity (Wildman–Crippen MR) is 83.3 cm³/mol. The molecule has 0 aliphatic carbocycles. The van der Waals surface area contributed by atoms with E-state index in [1.54, 1.807) is 19.2 Å². The fourth-order valence-electron chi connectivity index (χ4n) is 2.02. The van der Waals surface area contributed by atoms with Gasteiger partial charge in [0.2, 0.25) is 0 Å². The lowest BCUT2D eigenvalue weighted by atomic mass is 10.1. The van der Waals surface area contributed by atoms with Crippen LogP contribution in [0.5, 0.6) is 0 Å². The topological polar surface area (TPSA) is 41.1 Å². The first kappa shape index (κ1) is 14.4. The summed E-state index contributed by atoms with van der Waals surface area (Å²) in [6, 6.07) is 15.2. The van der Waals surface area contributed by atoms with Crippen molar-refractivity contribution < 1.29 is 4.79 Å². The van der Waals surface area contributed by atoms with Gasteiger partial charge in [-0.15, -0.1) is 0 Å². The molecule has 2 rings (SSSR count). The number of hydrogen-bond donors (Lipinski definition) is 2. The molecule has 2 aromatic carbocycles. The third kappa shape index (κ3) is 3.31. The van der Waals surface area contributed by atoms with Crippen LogP contribution in [0.4, 0.5) is 5.69 Å². The van der Waals surface area contributed by atoms with E-state index in [1.165, 1.54) is 0 Å². The summed E-state index contributed by atoms with van der Waals surface area (Å²) in [5.74, 6) is -0.0873. The molecule has 0 heterocycles. The van der Waals surface area contributed by atoms with Crippen molar-refractivity contribution in [2.75, 3.05) is 12.4 Å². The van der Waals surface area contributed by atoms with Crippen molar-refractivity contribution in [3.8, 4) is 0 Å². The van der Waals surface area contributed by atoms with Crippen molar-refractivity contribution >= 4 is 23.2 Å². The smallest absolute Gasteiger partial charge is 0.251 e. The molecule has 0 aromatic heterocycles. The van der Waals surface area contributed by atoms with Crippen molar-refractivity contribution in [2.45, 2.75) is 13.0 Å². The second-order valence-corrected chi connectivity index (χ2v) is 4.95. The van der Waals surface area contributed by atoms with E-state index in [1.807, 2.05) is 43.3 Å². The quantitative estimate of drug-likeness (QED) is 0.896. The maximum atomic E-state index is 11.5. The van der Waals surface area contributed by atoms with Gasteiger partial charge in [-0.05, 0) is 42.8 Å². The standard InChI is InChI=1S/C16H17ClN2O/c1-11(14-5-3-4-6-15(14)17)19-13-9-7-12(8-10-13)16(20)18-2/h3-11,19H,1-2H3,(H,18,20). The molecule has 0 radical (unpaired) electrons. The van der Waals surface area contributed by atoms with Crippen molar-refractivity contribution in [1.29, 1.82) is 0 Å². The highest BCUT2D eigenvalue weighted by Crippen LogP contribution is 2.25. The second kappa shape index (κ2) is 6.44. The third-order valence-electron chi connectivity index (χ3n) is 3.13. The van der Waals surface area contributed by atoms with Gasteiger partial charge in [-0.25, -0.2) is 0 Å². The summed E-state index contributed by atoms with van der Waals surface area (Å²) in [6.07, 6.45) is 0. The Kier molecular flexibility index (Phi) is 4.64. The minimum atomic E-state index is -0.0873. The lowest BCUT2D eigenvalue weighted by molar-refractivity contribution is 0.0963. The van der Waals surface area contributed by atoms with E-state index in [-0.39, 0.29) is 11.9 Å². The highest BCUT2D eigenvalue weighted by atomic mass is 35.5. The summed E-state index contributed by atoms with van der Waals surface area (Å²) < 4.78 is 0. The van der Waals surface area contributed by atoms with Crippen molar-refractivity contribution in [3.05, 3.63) is 64.7 Å². The molecule has 0 spiro atoms. The van der Waals surface area contributed by atoms with Gasteiger partial charge in [0.15, 0.2) is 0 Å². The molecule has 20 heavy (non-hydrogen) atoms. The van der Waals surface area contributed by atoms with Gasteiger partial charge < -0.3 is 10.6 Å². The number of amides is 1. The zero-order valence-corrected chi connectivity index (χ0v) is 12.2. The lowest BCUT2D eigenvalue weighted by Gasteiger charge is -2.17. The van der Waals surface area contributed by atoms with Crippen LogP contribution in [0.1, 0.15) is 28.9 Å². The Balaban J connectivity index is 2.10. The number of carbonyl (C=O) groups is 1. The molecule has 2 N–H and O–H groups in total. The van der Waals surface area contributed by atoms with Crippen molar-refractivity contribution in [1.82, 2.24) is 5.32 Å². The van der Waals surface area contributed by atoms with E-state index in [9.17, 15) is 4.79 Å². The summed E-state index contributed by atoms with van der Waals surface area (Å²) in [6.45, 7) is 2.05. The number of halogens is 1. The fourth-order valence-corrected chi connectivity index (χ4v) is 2.32. The zero-order chi connectivity index (χ0) is 14.5. The Labute approximate surface area is 124 Å². The van der Waals surface area contributed by atoms with Crippen LogP contribution in [0.15, 0.2) is 48.5 Å². The van der Waals surface area contributed by atoms with Crippen molar-refractivity contribution in [3.63, 3.8) is 0 Å². The van der Waals surface area contributed by atoms with Crippen LogP contribution < -0.4 is 10.6 Å². The third-order valence-corrected chi connectivity index (χ3v) is 3.47. The van der Waals surface area contributed by atoms with Gasteiger partial charge in [0.25, 0.3) is 5.91 Å². The van der Waals surface area contributed by atoms with Crippen LogP contribution in [0, 0.1) is 0 Å². The number of carbonyl (C=O) groups excluding carboxylic acids is 1. The molecular weight excluding hydrogens is 272 g/mol. The molecule has 0 saturated carbocycles. The predicted octanol–water partition coefficient (Wildman–Crippen LogP) is 3.87. The normalized spacial score (nSPS) is 11.8. The summed E-state index contributed by atoms with van der Waals surface area (Å²) in [7, 11) is 1.62. The van der Waals surface area contributed by atoms with E-state index in [0.717, 1.165) is 16.3 Å². The summed E-state index contributed by atoms with van der Waals surface area (Å²) in [5.41, 5.74) is 2.64. The van der Waals surface area contributed by atoms with E-state index < -0.39 is 0 Å². The Morgan fingerprint density at radius 2 is 1.75 bits per heavy atom. The zero-order valence-electron chi connectivity index (χ0n) is 11.5. The minimum Gasteiger partial charge on any atom is -0.378 e. The molecule has 0 saturated heterocycles. The molecule has 0 aliphatic rings. The molecule has 0 fully saturated rings. The number of nitrogens with one attached hydrogen (secondary N) is 2. The van der Waals surface area contributed by atoms with Gasteiger partial charge in [-0.3, -0.25) is 4.79 Å². The maximum Gasteiger partial charge on any atom is 0.251 e. The second-order valence-electron chi connectivity index (χ2n) is 4.54. The fraction of sp³-hybridized carbons (Fsp3) is 0.188. The summed E-state index contributed by atoms with van der Waals surface area (Å²) in [5, 5.41) is 6.71. The van der Waals surface area contributed by atoms with Crippen LogP contribution in [0.25, 0.3) is 0 Å². The van der Waals surface area contributed by atoms with Crippen molar-refractivity contribution in [2.24, 2.45) is 0 Å². The first-order valence-electron chi connectivity index (χ1n) is 6.45. The highest BCUT2D eigenvalue weighted by molar-refractivity contribution is 6.31. The number of rotatable bonds is 4. The highest BCUT2D eigenvalue weighted by Gasteiger charge is 2.09. The molecule has 3 nitrogen and oxygen atoms in total. The van der Waals surface area contributed by atoms with Gasteiger partial charge in [0.1, 0.15) is 0 Å². The Bertz CT molecular complexity index is 596. The molecule has 1 atom stereocenters. The summed E-state index contributed by atoms with van der Waals surface area (Å²) in [4.78, 5) is 11.5. The van der Waals surface area contributed by atoms with E-state index in [2.05, 4.69) is 10.6 Å². The van der Waals surface area contributed by atoms with E-state index in [4.69, 9.17) is 11.6 Å². The number of hydrogen-bond acceptors (Lipinski definition) is 2. The first-order valence-corrected chi connectivity index (χ1v) is 6.82. The average Bonchev–Trinajstić information content (AvgIpc) is 2.47. The molecule has 1 unspecified atom stereocenters. The van der Waals surface area contributed by atoms with Crippen LogP contribution in [-0.4, -0.2) is 13.0 Å². The van der Waals surface area contributed by atoms with Gasteiger partial charge in [-0.1, -0.05) is 29.8 Å². The SMILES string of the molecule is CNC(=O)c1ccc(NC(C)c2ccccc2Cl)cc1. The van der Waals surface area contributed by atoms with Crippen LogP contribution in [0.2, 0.25) is 5.02 Å². The molecule has 2 aromatic rings. The molecule has 1 amide bonds.